The van der Waals surface area contributed by atoms with E-state index >= 15 is 0 Å². The second-order valence-corrected chi connectivity index (χ2v) is 4.69. The second kappa shape index (κ2) is 4.07. The second-order valence-electron chi connectivity index (χ2n) is 4.28. The normalized spacial score (nSPS) is 20.7. The largest absolute Gasteiger partial charge is 0.314 e. The minimum absolute atomic E-state index is 0.574. The Kier molecular flexibility index (Phi) is 2.58. The third-order valence-corrected chi connectivity index (χ3v) is 3.51. The summed E-state index contributed by atoms with van der Waals surface area (Å²) in [6.07, 6.45) is 7.38. The SMILES string of the molecule is Clc1cccn2c(CC3CCCN3)ncc12. The van der Waals surface area contributed by atoms with Crippen molar-refractivity contribution in [3.05, 3.63) is 35.4 Å². The van der Waals surface area contributed by atoms with E-state index in [0.29, 0.717) is 6.04 Å². The first-order chi connectivity index (χ1) is 7.84. The first-order valence-corrected chi connectivity index (χ1v) is 6.06. The molecule has 1 fully saturated rings. The van der Waals surface area contributed by atoms with Crippen LogP contribution in [0.15, 0.2) is 24.5 Å². The number of pyridine rings is 1. The molecule has 0 amide bonds. The van der Waals surface area contributed by atoms with Crippen molar-refractivity contribution < 1.29 is 0 Å². The van der Waals surface area contributed by atoms with Crippen molar-refractivity contribution in [1.29, 1.82) is 0 Å². The van der Waals surface area contributed by atoms with Gasteiger partial charge in [-0.05, 0) is 31.5 Å². The number of rotatable bonds is 2. The van der Waals surface area contributed by atoms with E-state index in [1.165, 1.54) is 12.8 Å². The fraction of sp³-hybridized carbons (Fsp3) is 0.417. The predicted molar refractivity (Wildman–Crippen MR) is 64.9 cm³/mol. The molecule has 0 saturated carbocycles. The van der Waals surface area contributed by atoms with Crippen LogP contribution in [-0.2, 0) is 6.42 Å². The van der Waals surface area contributed by atoms with Gasteiger partial charge in [0.2, 0.25) is 0 Å². The van der Waals surface area contributed by atoms with E-state index in [0.717, 1.165) is 29.3 Å². The van der Waals surface area contributed by atoms with Crippen molar-refractivity contribution in [3.63, 3.8) is 0 Å². The lowest BCUT2D eigenvalue weighted by atomic mass is 10.1. The van der Waals surface area contributed by atoms with Crippen molar-refractivity contribution in [1.82, 2.24) is 14.7 Å². The van der Waals surface area contributed by atoms with Gasteiger partial charge in [-0.1, -0.05) is 11.6 Å². The van der Waals surface area contributed by atoms with Crippen LogP contribution in [0.4, 0.5) is 0 Å². The first kappa shape index (κ1) is 10.1. The number of nitrogens with zero attached hydrogens (tertiary/aromatic N) is 2. The first-order valence-electron chi connectivity index (χ1n) is 5.68. The highest BCUT2D eigenvalue weighted by molar-refractivity contribution is 6.33. The zero-order valence-electron chi connectivity index (χ0n) is 8.99. The summed E-state index contributed by atoms with van der Waals surface area (Å²) in [5, 5.41) is 4.25. The van der Waals surface area contributed by atoms with E-state index in [9.17, 15) is 0 Å². The molecule has 2 aromatic heterocycles. The summed E-state index contributed by atoms with van der Waals surface area (Å²) in [6.45, 7) is 1.13. The Hall–Kier alpha value is -1.06. The summed E-state index contributed by atoms with van der Waals surface area (Å²) < 4.78 is 2.09. The molecular weight excluding hydrogens is 222 g/mol. The Morgan fingerprint density at radius 1 is 1.56 bits per heavy atom. The Morgan fingerprint density at radius 3 is 3.31 bits per heavy atom. The molecule has 0 radical (unpaired) electrons. The van der Waals surface area contributed by atoms with E-state index in [1.807, 2.05) is 24.5 Å². The molecule has 3 nitrogen and oxygen atoms in total. The quantitative estimate of drug-likeness (QED) is 0.866. The van der Waals surface area contributed by atoms with Gasteiger partial charge in [0.25, 0.3) is 0 Å². The van der Waals surface area contributed by atoms with Gasteiger partial charge < -0.3 is 9.72 Å². The molecule has 16 heavy (non-hydrogen) atoms. The van der Waals surface area contributed by atoms with Crippen molar-refractivity contribution in [3.8, 4) is 0 Å². The molecule has 1 saturated heterocycles. The van der Waals surface area contributed by atoms with Crippen molar-refractivity contribution >= 4 is 17.1 Å². The fourth-order valence-corrected chi connectivity index (χ4v) is 2.56. The van der Waals surface area contributed by atoms with Crippen LogP contribution in [0.25, 0.3) is 5.52 Å². The van der Waals surface area contributed by atoms with Crippen molar-refractivity contribution in [2.45, 2.75) is 25.3 Å². The topological polar surface area (TPSA) is 29.3 Å². The van der Waals surface area contributed by atoms with Crippen LogP contribution in [-0.4, -0.2) is 22.0 Å². The highest BCUT2D eigenvalue weighted by Crippen LogP contribution is 2.19. The highest BCUT2D eigenvalue weighted by atomic mass is 35.5. The van der Waals surface area contributed by atoms with E-state index in [-0.39, 0.29) is 0 Å². The Labute approximate surface area is 99.4 Å². The molecule has 0 bridgehead atoms. The maximum Gasteiger partial charge on any atom is 0.114 e. The van der Waals surface area contributed by atoms with Gasteiger partial charge in [-0.25, -0.2) is 4.98 Å². The lowest BCUT2D eigenvalue weighted by Crippen LogP contribution is -2.24. The number of nitrogens with one attached hydrogen (secondary N) is 1. The molecule has 1 unspecified atom stereocenters. The van der Waals surface area contributed by atoms with Crippen LogP contribution in [0.5, 0.6) is 0 Å². The van der Waals surface area contributed by atoms with Gasteiger partial charge in [-0.2, -0.15) is 0 Å². The summed E-state index contributed by atoms with van der Waals surface area (Å²) in [7, 11) is 0. The van der Waals surface area contributed by atoms with Crippen LogP contribution in [0, 0.1) is 0 Å². The zero-order chi connectivity index (χ0) is 11.0. The highest BCUT2D eigenvalue weighted by Gasteiger charge is 2.17. The van der Waals surface area contributed by atoms with Crippen LogP contribution in [0.1, 0.15) is 18.7 Å². The molecule has 1 aliphatic heterocycles. The molecule has 0 aliphatic carbocycles. The Bertz CT molecular complexity index is 500. The molecule has 4 heteroatoms. The maximum atomic E-state index is 6.11. The summed E-state index contributed by atoms with van der Waals surface area (Å²) >= 11 is 6.11. The average molecular weight is 236 g/mol. The predicted octanol–water partition coefficient (Wildman–Crippen LogP) is 2.28. The lowest BCUT2D eigenvalue weighted by Gasteiger charge is -2.08. The van der Waals surface area contributed by atoms with Crippen LogP contribution in [0.2, 0.25) is 5.02 Å². The van der Waals surface area contributed by atoms with Crippen LogP contribution < -0.4 is 5.32 Å². The number of aromatic nitrogens is 2. The molecule has 3 rings (SSSR count). The summed E-state index contributed by atoms with van der Waals surface area (Å²) in [6, 6.07) is 4.43. The monoisotopic (exact) mass is 235 g/mol. The number of fused-ring (bicyclic) bond motifs is 1. The van der Waals surface area contributed by atoms with Crippen molar-refractivity contribution in [2.24, 2.45) is 0 Å². The smallest absolute Gasteiger partial charge is 0.114 e. The van der Waals surface area contributed by atoms with Crippen LogP contribution in [0.3, 0.4) is 0 Å². The summed E-state index contributed by atoms with van der Waals surface area (Å²) in [4.78, 5) is 4.46. The molecule has 3 heterocycles. The number of hydrogen-bond donors (Lipinski definition) is 1. The minimum Gasteiger partial charge on any atom is -0.314 e. The Morgan fingerprint density at radius 2 is 2.50 bits per heavy atom. The molecule has 2 aromatic rings. The molecule has 84 valence electrons. The number of halogens is 1. The van der Waals surface area contributed by atoms with Gasteiger partial charge in [0.05, 0.1) is 16.7 Å². The molecule has 0 spiro atoms. The van der Waals surface area contributed by atoms with Gasteiger partial charge >= 0.3 is 0 Å². The van der Waals surface area contributed by atoms with Gasteiger partial charge in [-0.15, -0.1) is 0 Å². The number of imidazole rings is 1. The maximum absolute atomic E-state index is 6.11. The summed E-state index contributed by atoms with van der Waals surface area (Å²) in [5.41, 5.74) is 0.997. The van der Waals surface area contributed by atoms with Crippen molar-refractivity contribution in [2.75, 3.05) is 6.54 Å². The molecule has 0 aromatic carbocycles. The molecular formula is C12H14ClN3. The standard InChI is InChI=1S/C12H14ClN3/c13-10-4-2-6-16-11(10)8-15-12(16)7-9-3-1-5-14-9/h2,4,6,8-9,14H,1,3,5,7H2. The lowest BCUT2D eigenvalue weighted by molar-refractivity contribution is 0.584. The van der Waals surface area contributed by atoms with Crippen LogP contribution >= 0.6 is 11.6 Å². The van der Waals surface area contributed by atoms with Gasteiger partial charge in [0, 0.05) is 18.7 Å². The van der Waals surface area contributed by atoms with E-state index in [1.54, 1.807) is 0 Å². The average Bonchev–Trinajstić information content (AvgIpc) is 2.90. The van der Waals surface area contributed by atoms with Gasteiger partial charge in [0.1, 0.15) is 5.82 Å². The molecule has 1 N–H and O–H groups in total. The van der Waals surface area contributed by atoms with Gasteiger partial charge in [0.15, 0.2) is 0 Å². The molecule has 1 atom stereocenters. The minimum atomic E-state index is 0.574. The van der Waals surface area contributed by atoms with Gasteiger partial charge in [-0.3, -0.25) is 0 Å². The molecule has 1 aliphatic rings. The van der Waals surface area contributed by atoms with E-state index < -0.39 is 0 Å². The van der Waals surface area contributed by atoms with E-state index in [2.05, 4.69) is 14.7 Å². The Balaban J connectivity index is 1.94. The number of hydrogen-bond acceptors (Lipinski definition) is 2. The zero-order valence-corrected chi connectivity index (χ0v) is 9.74. The van der Waals surface area contributed by atoms with E-state index in [4.69, 9.17) is 11.6 Å². The third kappa shape index (κ3) is 1.70. The third-order valence-electron chi connectivity index (χ3n) is 3.19. The fourth-order valence-electron chi connectivity index (χ4n) is 2.34. The summed E-state index contributed by atoms with van der Waals surface area (Å²) in [5.74, 6) is 1.09.